The van der Waals surface area contributed by atoms with E-state index in [4.69, 9.17) is 4.42 Å². The summed E-state index contributed by atoms with van der Waals surface area (Å²) in [5, 5.41) is 4.94. The second-order valence-corrected chi connectivity index (χ2v) is 6.44. The Morgan fingerprint density at radius 3 is 2.70 bits per heavy atom. The van der Waals surface area contributed by atoms with Crippen LogP contribution in [0.15, 0.2) is 28.7 Å². The molecule has 1 aliphatic carbocycles. The van der Waals surface area contributed by atoms with Gasteiger partial charge in [0.25, 0.3) is 0 Å². The van der Waals surface area contributed by atoms with Crippen LogP contribution in [-0.4, -0.2) is 6.54 Å². The molecule has 0 saturated heterocycles. The Kier molecular flexibility index (Phi) is 3.59. The van der Waals surface area contributed by atoms with E-state index in [0.717, 1.165) is 17.9 Å². The van der Waals surface area contributed by atoms with Crippen LogP contribution in [0, 0.1) is 12.3 Å². The third-order valence-corrected chi connectivity index (χ3v) is 4.79. The molecule has 108 valence electrons. The Hall–Kier alpha value is -1.28. The number of furan rings is 1. The van der Waals surface area contributed by atoms with E-state index in [0.29, 0.717) is 5.41 Å². The van der Waals surface area contributed by atoms with Gasteiger partial charge in [-0.1, -0.05) is 31.5 Å². The highest BCUT2D eigenvalue weighted by atomic mass is 16.3. The quantitative estimate of drug-likeness (QED) is 0.802. The van der Waals surface area contributed by atoms with E-state index in [9.17, 15) is 0 Å². The molecule has 0 amide bonds. The number of aryl methyl sites for hydroxylation is 1. The highest BCUT2D eigenvalue weighted by Gasteiger charge is 2.41. The zero-order valence-corrected chi connectivity index (χ0v) is 12.8. The van der Waals surface area contributed by atoms with E-state index in [2.05, 4.69) is 44.3 Å². The Bertz CT molecular complexity index is 594. The number of rotatable bonds is 6. The molecule has 0 bridgehead atoms. The lowest BCUT2D eigenvalue weighted by molar-refractivity contribution is 0.371. The van der Waals surface area contributed by atoms with E-state index < -0.39 is 0 Å². The second kappa shape index (κ2) is 5.25. The Labute approximate surface area is 121 Å². The first-order valence-corrected chi connectivity index (χ1v) is 7.87. The zero-order chi connectivity index (χ0) is 14.2. The summed E-state index contributed by atoms with van der Waals surface area (Å²) in [7, 11) is 0. The lowest BCUT2D eigenvalue weighted by atomic mass is 10.00. The first kappa shape index (κ1) is 13.7. The minimum Gasteiger partial charge on any atom is -0.459 e. The first-order chi connectivity index (χ1) is 9.65. The maximum atomic E-state index is 6.04. The van der Waals surface area contributed by atoms with Crippen LogP contribution in [-0.2, 0) is 0 Å². The van der Waals surface area contributed by atoms with Crippen molar-refractivity contribution in [2.24, 2.45) is 5.41 Å². The summed E-state index contributed by atoms with van der Waals surface area (Å²) < 4.78 is 6.04. The van der Waals surface area contributed by atoms with E-state index in [-0.39, 0.29) is 6.04 Å². The van der Waals surface area contributed by atoms with Crippen molar-refractivity contribution in [3.05, 3.63) is 35.6 Å². The molecule has 0 aliphatic heterocycles. The minimum atomic E-state index is 0.289. The molecule has 1 aromatic carbocycles. The van der Waals surface area contributed by atoms with Gasteiger partial charge in [0.05, 0.1) is 6.04 Å². The van der Waals surface area contributed by atoms with Crippen LogP contribution in [0.2, 0.25) is 0 Å². The second-order valence-electron chi connectivity index (χ2n) is 6.44. The minimum absolute atomic E-state index is 0.289. The SMILES string of the molecule is CCCC1(CNC(C)c2oc3ccccc3c2C)CC1. The first-order valence-electron chi connectivity index (χ1n) is 7.87. The predicted molar refractivity (Wildman–Crippen MR) is 83.9 cm³/mol. The molecule has 2 nitrogen and oxygen atoms in total. The molecule has 1 N–H and O–H groups in total. The molecular formula is C18H25NO. The summed E-state index contributed by atoms with van der Waals surface area (Å²) in [5.74, 6) is 1.10. The van der Waals surface area contributed by atoms with Gasteiger partial charge in [0.2, 0.25) is 0 Å². The lowest BCUT2D eigenvalue weighted by Crippen LogP contribution is -2.26. The maximum Gasteiger partial charge on any atom is 0.134 e. The fourth-order valence-electron chi connectivity index (χ4n) is 3.29. The molecule has 2 aromatic rings. The van der Waals surface area contributed by atoms with E-state index in [1.54, 1.807) is 0 Å². The fraction of sp³-hybridized carbons (Fsp3) is 0.556. The standard InChI is InChI=1S/C18H25NO/c1-4-9-18(10-11-18)12-19-14(3)17-13(2)15-7-5-6-8-16(15)20-17/h5-8,14,19H,4,9-12H2,1-3H3. The van der Waals surface area contributed by atoms with Gasteiger partial charge < -0.3 is 9.73 Å². The number of nitrogens with one attached hydrogen (secondary N) is 1. The van der Waals surface area contributed by atoms with E-state index in [1.807, 2.05) is 6.07 Å². The molecule has 1 fully saturated rings. The van der Waals surface area contributed by atoms with Crippen LogP contribution in [0.1, 0.15) is 56.9 Å². The van der Waals surface area contributed by atoms with Crippen molar-refractivity contribution < 1.29 is 4.42 Å². The van der Waals surface area contributed by atoms with Gasteiger partial charge in [0, 0.05) is 11.9 Å². The van der Waals surface area contributed by atoms with Crippen LogP contribution < -0.4 is 5.32 Å². The Morgan fingerprint density at radius 1 is 1.30 bits per heavy atom. The third-order valence-electron chi connectivity index (χ3n) is 4.79. The molecule has 0 radical (unpaired) electrons. The van der Waals surface area contributed by atoms with Gasteiger partial charge in [-0.05, 0) is 50.2 Å². The van der Waals surface area contributed by atoms with Crippen molar-refractivity contribution in [2.45, 2.75) is 52.5 Å². The number of fused-ring (bicyclic) bond motifs is 1. The van der Waals surface area contributed by atoms with Gasteiger partial charge in [-0.15, -0.1) is 0 Å². The third kappa shape index (κ3) is 2.49. The summed E-state index contributed by atoms with van der Waals surface area (Å²) in [6.45, 7) is 7.79. The molecule has 1 unspecified atom stereocenters. The fourth-order valence-corrected chi connectivity index (χ4v) is 3.29. The molecule has 2 heteroatoms. The molecule has 3 rings (SSSR count). The molecule has 1 aliphatic rings. The van der Waals surface area contributed by atoms with Crippen molar-refractivity contribution >= 4 is 11.0 Å². The van der Waals surface area contributed by atoms with Crippen molar-refractivity contribution in [3.63, 3.8) is 0 Å². The summed E-state index contributed by atoms with van der Waals surface area (Å²) in [6, 6.07) is 8.60. The van der Waals surface area contributed by atoms with Crippen LogP contribution in [0.25, 0.3) is 11.0 Å². The van der Waals surface area contributed by atoms with Crippen LogP contribution in [0.5, 0.6) is 0 Å². The van der Waals surface area contributed by atoms with E-state index >= 15 is 0 Å². The highest BCUT2D eigenvalue weighted by Crippen LogP contribution is 2.49. The number of para-hydroxylation sites is 1. The lowest BCUT2D eigenvalue weighted by Gasteiger charge is -2.19. The van der Waals surface area contributed by atoms with Crippen LogP contribution >= 0.6 is 0 Å². The molecule has 20 heavy (non-hydrogen) atoms. The molecular weight excluding hydrogens is 246 g/mol. The summed E-state index contributed by atoms with van der Waals surface area (Å²) in [5.41, 5.74) is 2.87. The van der Waals surface area contributed by atoms with Crippen molar-refractivity contribution in [3.8, 4) is 0 Å². The van der Waals surface area contributed by atoms with E-state index in [1.165, 1.54) is 36.6 Å². The Balaban J connectivity index is 1.72. The normalized spacial score (nSPS) is 18.4. The average molecular weight is 271 g/mol. The summed E-state index contributed by atoms with van der Waals surface area (Å²) in [6.07, 6.45) is 5.42. The number of hydrogen-bond acceptors (Lipinski definition) is 2. The number of benzene rings is 1. The molecule has 1 atom stereocenters. The largest absolute Gasteiger partial charge is 0.459 e. The topological polar surface area (TPSA) is 25.2 Å². The summed E-state index contributed by atoms with van der Waals surface area (Å²) in [4.78, 5) is 0. The van der Waals surface area contributed by atoms with Crippen molar-refractivity contribution in [1.29, 1.82) is 0 Å². The highest BCUT2D eigenvalue weighted by molar-refractivity contribution is 5.82. The van der Waals surface area contributed by atoms with Gasteiger partial charge in [0.15, 0.2) is 0 Å². The molecule has 1 aromatic heterocycles. The molecule has 0 spiro atoms. The van der Waals surface area contributed by atoms with Gasteiger partial charge in [-0.25, -0.2) is 0 Å². The smallest absolute Gasteiger partial charge is 0.134 e. The van der Waals surface area contributed by atoms with Gasteiger partial charge in [-0.3, -0.25) is 0 Å². The molecule has 1 heterocycles. The zero-order valence-electron chi connectivity index (χ0n) is 12.8. The van der Waals surface area contributed by atoms with Crippen LogP contribution in [0.4, 0.5) is 0 Å². The molecule has 1 saturated carbocycles. The Morgan fingerprint density at radius 2 is 2.05 bits per heavy atom. The van der Waals surface area contributed by atoms with Crippen molar-refractivity contribution in [2.75, 3.05) is 6.54 Å². The van der Waals surface area contributed by atoms with Gasteiger partial charge >= 0.3 is 0 Å². The van der Waals surface area contributed by atoms with Crippen molar-refractivity contribution in [1.82, 2.24) is 5.32 Å². The monoisotopic (exact) mass is 271 g/mol. The predicted octanol–water partition coefficient (Wildman–Crippen LogP) is 4.97. The average Bonchev–Trinajstić information content (AvgIpc) is 3.14. The van der Waals surface area contributed by atoms with Gasteiger partial charge in [-0.2, -0.15) is 0 Å². The number of hydrogen-bond donors (Lipinski definition) is 1. The summed E-state index contributed by atoms with van der Waals surface area (Å²) >= 11 is 0. The van der Waals surface area contributed by atoms with Crippen LogP contribution in [0.3, 0.4) is 0 Å². The van der Waals surface area contributed by atoms with Gasteiger partial charge in [0.1, 0.15) is 11.3 Å². The maximum absolute atomic E-state index is 6.04.